The Morgan fingerprint density at radius 3 is 2.74 bits per heavy atom. The van der Waals surface area contributed by atoms with Crippen LogP contribution in [0.3, 0.4) is 0 Å². The third-order valence-corrected chi connectivity index (χ3v) is 3.48. The molecule has 0 radical (unpaired) electrons. The van der Waals surface area contributed by atoms with Gasteiger partial charge in [0.15, 0.2) is 6.10 Å². The summed E-state index contributed by atoms with van der Waals surface area (Å²) in [5.74, 6) is 0.328. The van der Waals surface area contributed by atoms with Gasteiger partial charge in [-0.15, -0.1) is 0 Å². The molecular weight excluding hydrogens is 312 g/mol. The molecule has 2 aromatic carbocycles. The fourth-order valence-corrected chi connectivity index (χ4v) is 2.18. The van der Waals surface area contributed by atoms with Gasteiger partial charge in [0.1, 0.15) is 5.75 Å². The van der Waals surface area contributed by atoms with Crippen molar-refractivity contribution in [2.24, 2.45) is 5.10 Å². The zero-order valence-corrected chi connectivity index (χ0v) is 13.9. The number of carbonyl (C=O) groups excluding carboxylic acids is 1. The third-order valence-electron chi connectivity index (χ3n) is 3.25. The van der Waals surface area contributed by atoms with Gasteiger partial charge in [-0.3, -0.25) is 4.79 Å². The molecule has 0 spiro atoms. The van der Waals surface area contributed by atoms with E-state index in [0.29, 0.717) is 17.2 Å². The van der Waals surface area contributed by atoms with E-state index in [2.05, 4.69) is 10.5 Å². The molecule has 0 bridgehead atoms. The Balaban J connectivity index is 1.83. The van der Waals surface area contributed by atoms with Gasteiger partial charge in [-0.25, -0.2) is 5.43 Å². The molecule has 2 aromatic rings. The number of carbonyl (C=O) groups is 1. The Hall–Kier alpha value is -2.33. The molecule has 1 amide bonds. The number of halogens is 1. The van der Waals surface area contributed by atoms with Gasteiger partial charge in [-0.05, 0) is 43.2 Å². The van der Waals surface area contributed by atoms with Crippen LogP contribution >= 0.6 is 11.6 Å². The van der Waals surface area contributed by atoms with Crippen molar-refractivity contribution in [3.63, 3.8) is 0 Å². The van der Waals surface area contributed by atoms with Gasteiger partial charge in [-0.1, -0.05) is 41.9 Å². The molecule has 120 valence electrons. The molecule has 0 saturated heterocycles. The van der Waals surface area contributed by atoms with Crippen molar-refractivity contribution in [2.45, 2.75) is 26.4 Å². The highest BCUT2D eigenvalue weighted by atomic mass is 35.5. The number of nitrogens with one attached hydrogen (secondary N) is 1. The molecule has 0 saturated carbocycles. The predicted octanol–water partition coefficient (Wildman–Crippen LogP) is 3.76. The number of hydrazone groups is 1. The molecule has 23 heavy (non-hydrogen) atoms. The first-order valence-corrected chi connectivity index (χ1v) is 7.72. The number of hydrogen-bond acceptors (Lipinski definition) is 3. The minimum atomic E-state index is -0.649. The second-order valence-electron chi connectivity index (χ2n) is 5.15. The van der Waals surface area contributed by atoms with Gasteiger partial charge in [-0.2, -0.15) is 5.10 Å². The van der Waals surface area contributed by atoms with E-state index in [0.717, 1.165) is 11.1 Å². The van der Waals surface area contributed by atoms with Gasteiger partial charge in [0, 0.05) is 17.7 Å². The van der Waals surface area contributed by atoms with E-state index in [1.54, 1.807) is 31.3 Å². The summed E-state index contributed by atoms with van der Waals surface area (Å²) >= 11 is 5.90. The number of amides is 1. The van der Waals surface area contributed by atoms with Gasteiger partial charge < -0.3 is 4.74 Å². The minimum Gasteiger partial charge on any atom is -0.481 e. The van der Waals surface area contributed by atoms with Gasteiger partial charge in [0.05, 0.1) is 0 Å². The zero-order chi connectivity index (χ0) is 16.7. The first-order chi connectivity index (χ1) is 11.1. The summed E-state index contributed by atoms with van der Waals surface area (Å²) in [4.78, 5) is 12.0. The summed E-state index contributed by atoms with van der Waals surface area (Å²) in [6, 6.07) is 15.2. The lowest BCUT2D eigenvalue weighted by atomic mass is 10.2. The fraction of sp³-hybridized carbons (Fsp3) is 0.222. The van der Waals surface area contributed by atoms with E-state index in [9.17, 15) is 4.79 Å². The molecule has 0 aliphatic carbocycles. The Morgan fingerprint density at radius 2 is 2.04 bits per heavy atom. The normalized spacial score (nSPS) is 12.1. The van der Waals surface area contributed by atoms with Crippen molar-refractivity contribution < 1.29 is 9.53 Å². The summed E-state index contributed by atoms with van der Waals surface area (Å²) in [6.45, 7) is 3.56. The Labute approximate surface area is 141 Å². The quantitative estimate of drug-likeness (QED) is 0.647. The van der Waals surface area contributed by atoms with Crippen LogP contribution in [0.2, 0.25) is 5.02 Å². The van der Waals surface area contributed by atoms with Crippen molar-refractivity contribution in [1.82, 2.24) is 5.43 Å². The second-order valence-corrected chi connectivity index (χ2v) is 5.58. The Kier molecular flexibility index (Phi) is 6.18. The summed E-state index contributed by atoms with van der Waals surface area (Å²) in [7, 11) is 0. The molecular formula is C18H19ClN2O2. The first-order valence-electron chi connectivity index (χ1n) is 7.34. The van der Waals surface area contributed by atoms with E-state index in [4.69, 9.17) is 16.3 Å². The Morgan fingerprint density at radius 1 is 1.30 bits per heavy atom. The van der Waals surface area contributed by atoms with Crippen LogP contribution in [0.15, 0.2) is 53.6 Å². The van der Waals surface area contributed by atoms with E-state index in [-0.39, 0.29) is 5.91 Å². The predicted molar refractivity (Wildman–Crippen MR) is 93.1 cm³/mol. The summed E-state index contributed by atoms with van der Waals surface area (Å²) in [6.07, 6.45) is 1.67. The maximum atomic E-state index is 12.0. The van der Waals surface area contributed by atoms with Crippen LogP contribution in [0.25, 0.3) is 0 Å². The number of rotatable bonds is 6. The lowest BCUT2D eigenvalue weighted by Crippen LogP contribution is -2.33. The average molecular weight is 331 g/mol. The van der Waals surface area contributed by atoms with E-state index in [1.165, 1.54) is 0 Å². The highest BCUT2D eigenvalue weighted by Gasteiger charge is 2.15. The average Bonchev–Trinajstić information content (AvgIpc) is 2.55. The van der Waals surface area contributed by atoms with Crippen LogP contribution in [-0.2, 0) is 11.2 Å². The number of aryl methyl sites for hydroxylation is 1. The summed E-state index contributed by atoms with van der Waals surface area (Å²) in [5.41, 5.74) is 4.49. The smallest absolute Gasteiger partial charge is 0.280 e. The van der Waals surface area contributed by atoms with Gasteiger partial charge in [0.2, 0.25) is 0 Å². The third kappa shape index (κ3) is 5.42. The molecule has 0 fully saturated rings. The highest BCUT2D eigenvalue weighted by Crippen LogP contribution is 2.22. The maximum Gasteiger partial charge on any atom is 0.280 e. The zero-order valence-electron chi connectivity index (χ0n) is 13.1. The van der Waals surface area contributed by atoms with Crippen molar-refractivity contribution in [3.8, 4) is 5.75 Å². The number of hydrogen-bond donors (Lipinski definition) is 1. The topological polar surface area (TPSA) is 50.7 Å². The van der Waals surface area contributed by atoms with Crippen molar-refractivity contribution in [3.05, 3.63) is 64.7 Å². The van der Waals surface area contributed by atoms with Crippen LogP contribution < -0.4 is 10.2 Å². The second kappa shape index (κ2) is 8.34. The molecule has 0 heterocycles. The highest BCUT2D eigenvalue weighted by molar-refractivity contribution is 6.30. The monoisotopic (exact) mass is 330 g/mol. The minimum absolute atomic E-state index is 0.302. The van der Waals surface area contributed by atoms with Crippen LogP contribution in [-0.4, -0.2) is 18.2 Å². The van der Waals surface area contributed by atoms with Crippen LogP contribution in [0.5, 0.6) is 5.75 Å². The Bertz CT molecular complexity index is 687. The molecule has 2 rings (SSSR count). The largest absolute Gasteiger partial charge is 0.481 e. The standard InChI is InChI=1S/C18H19ClN2O2/c1-13-12-16(19)8-9-17(13)23-14(2)18(22)21-20-11-10-15-6-4-3-5-7-15/h3-9,11-12,14H,10H2,1-2H3,(H,21,22). The maximum absolute atomic E-state index is 12.0. The fourth-order valence-electron chi connectivity index (χ4n) is 1.95. The first kappa shape index (κ1) is 17.0. The van der Waals surface area contributed by atoms with Crippen molar-refractivity contribution in [2.75, 3.05) is 0 Å². The number of nitrogens with zero attached hydrogens (tertiary/aromatic N) is 1. The lowest BCUT2D eigenvalue weighted by Gasteiger charge is -2.14. The van der Waals surface area contributed by atoms with Gasteiger partial charge in [0.25, 0.3) is 5.91 Å². The van der Waals surface area contributed by atoms with Crippen LogP contribution in [0.4, 0.5) is 0 Å². The summed E-state index contributed by atoms with van der Waals surface area (Å²) in [5, 5.41) is 4.58. The molecule has 1 unspecified atom stereocenters. The lowest BCUT2D eigenvalue weighted by molar-refractivity contribution is -0.127. The van der Waals surface area contributed by atoms with E-state index in [1.807, 2.05) is 37.3 Å². The van der Waals surface area contributed by atoms with Crippen LogP contribution in [0, 0.1) is 6.92 Å². The molecule has 4 nitrogen and oxygen atoms in total. The SMILES string of the molecule is Cc1cc(Cl)ccc1OC(C)C(=O)NN=CCc1ccccc1. The molecule has 0 aliphatic rings. The van der Waals surface area contributed by atoms with Gasteiger partial charge >= 0.3 is 0 Å². The van der Waals surface area contributed by atoms with E-state index < -0.39 is 6.10 Å². The van der Waals surface area contributed by atoms with Crippen molar-refractivity contribution in [1.29, 1.82) is 0 Å². The molecule has 1 N–H and O–H groups in total. The number of ether oxygens (including phenoxy) is 1. The molecule has 0 aromatic heterocycles. The van der Waals surface area contributed by atoms with E-state index >= 15 is 0 Å². The molecule has 1 atom stereocenters. The number of benzene rings is 2. The molecule has 5 heteroatoms. The van der Waals surface area contributed by atoms with Crippen LogP contribution in [0.1, 0.15) is 18.1 Å². The van der Waals surface area contributed by atoms with Crippen molar-refractivity contribution >= 4 is 23.7 Å². The summed E-state index contributed by atoms with van der Waals surface area (Å²) < 4.78 is 5.63. The molecule has 0 aliphatic heterocycles.